The summed E-state index contributed by atoms with van der Waals surface area (Å²) in [5.41, 5.74) is 1.07. The zero-order valence-electron chi connectivity index (χ0n) is 10.8. The second-order valence-corrected chi connectivity index (χ2v) is 5.02. The maximum absolute atomic E-state index is 11.8. The zero-order chi connectivity index (χ0) is 13.4. The molecule has 0 bridgehead atoms. The molecule has 1 heterocycles. The highest BCUT2D eigenvalue weighted by Gasteiger charge is 2.31. The molecule has 2 aromatic carbocycles. The third-order valence-corrected chi connectivity index (χ3v) is 3.74. The minimum absolute atomic E-state index is 0.0117. The number of nitrogens with zero attached hydrogens (tertiary/aromatic N) is 1. The van der Waals surface area contributed by atoms with Crippen LogP contribution in [0.3, 0.4) is 0 Å². The number of fused-ring (bicyclic) bond motifs is 1. The summed E-state index contributed by atoms with van der Waals surface area (Å²) in [4.78, 5) is 24.8. The van der Waals surface area contributed by atoms with Gasteiger partial charge in [-0.3, -0.25) is 9.59 Å². The smallest absolute Gasteiger partial charge is 0.230 e. The van der Waals surface area contributed by atoms with Gasteiger partial charge in [-0.05, 0) is 29.3 Å². The van der Waals surface area contributed by atoms with Crippen molar-refractivity contribution in [3.63, 3.8) is 0 Å². The number of carbonyl (C=O) groups is 2. The average molecular weight is 253 g/mol. The van der Waals surface area contributed by atoms with E-state index in [-0.39, 0.29) is 30.7 Å². The maximum atomic E-state index is 11.8. The third-order valence-electron chi connectivity index (χ3n) is 3.74. The molecule has 96 valence electrons. The number of carbonyl (C=O) groups excluding carboxylic acids is 2. The van der Waals surface area contributed by atoms with Crippen molar-refractivity contribution in [2.24, 2.45) is 0 Å². The Morgan fingerprint density at radius 2 is 1.79 bits per heavy atom. The van der Waals surface area contributed by atoms with Gasteiger partial charge in [0.1, 0.15) is 0 Å². The molecule has 1 amide bonds. The Labute approximate surface area is 111 Å². The molecule has 2 aromatic rings. The van der Waals surface area contributed by atoms with Gasteiger partial charge in [-0.2, -0.15) is 0 Å². The van der Waals surface area contributed by atoms with Gasteiger partial charge < -0.3 is 4.90 Å². The molecule has 0 N–H and O–H groups in total. The van der Waals surface area contributed by atoms with Crippen LogP contribution in [0.5, 0.6) is 0 Å². The second kappa shape index (κ2) is 4.50. The molecule has 1 unspecified atom stereocenters. The van der Waals surface area contributed by atoms with Gasteiger partial charge in [0.25, 0.3) is 0 Å². The molecule has 1 fully saturated rings. The van der Waals surface area contributed by atoms with E-state index in [1.165, 1.54) is 5.39 Å². The molecule has 0 saturated carbocycles. The van der Waals surface area contributed by atoms with E-state index >= 15 is 0 Å². The van der Waals surface area contributed by atoms with Gasteiger partial charge in [0.05, 0.1) is 19.0 Å². The summed E-state index contributed by atoms with van der Waals surface area (Å²) in [6, 6.07) is 14.3. The fourth-order valence-corrected chi connectivity index (χ4v) is 2.60. The van der Waals surface area contributed by atoms with Crippen LogP contribution in [0.1, 0.15) is 24.9 Å². The molecule has 1 saturated heterocycles. The number of likely N-dealkylation sites (tertiary alicyclic amines) is 1. The first-order chi connectivity index (χ1) is 9.15. The van der Waals surface area contributed by atoms with Gasteiger partial charge >= 0.3 is 0 Å². The first-order valence-electron chi connectivity index (χ1n) is 6.45. The lowest BCUT2D eigenvalue weighted by Gasteiger charge is -2.24. The average Bonchev–Trinajstić information content (AvgIpc) is 2.76. The third kappa shape index (κ3) is 2.12. The van der Waals surface area contributed by atoms with Crippen LogP contribution >= 0.6 is 0 Å². The Kier molecular flexibility index (Phi) is 2.82. The topological polar surface area (TPSA) is 37.4 Å². The van der Waals surface area contributed by atoms with Crippen molar-refractivity contribution in [2.45, 2.75) is 19.4 Å². The lowest BCUT2D eigenvalue weighted by Crippen LogP contribution is -2.28. The summed E-state index contributed by atoms with van der Waals surface area (Å²) in [6.07, 6.45) is 0.0535. The number of benzene rings is 2. The van der Waals surface area contributed by atoms with Crippen molar-refractivity contribution in [1.29, 1.82) is 0 Å². The molecule has 0 radical (unpaired) electrons. The van der Waals surface area contributed by atoms with Gasteiger partial charge in [0.2, 0.25) is 5.91 Å². The number of rotatable bonds is 2. The van der Waals surface area contributed by atoms with Gasteiger partial charge in [-0.15, -0.1) is 0 Å². The van der Waals surface area contributed by atoms with Crippen molar-refractivity contribution in [3.8, 4) is 0 Å². The van der Waals surface area contributed by atoms with E-state index in [2.05, 4.69) is 24.3 Å². The van der Waals surface area contributed by atoms with E-state index in [0.29, 0.717) is 0 Å². The largest absolute Gasteiger partial charge is 0.328 e. The van der Waals surface area contributed by atoms with E-state index < -0.39 is 0 Å². The molecule has 1 aliphatic heterocycles. The standard InChI is InChI=1S/C16H15NO2/c1-11(17-10-15(18)9-16(17)19)13-7-6-12-4-2-3-5-14(12)8-13/h2-8,11H,9-10H2,1H3. The van der Waals surface area contributed by atoms with Crippen LogP contribution in [0.25, 0.3) is 10.8 Å². The van der Waals surface area contributed by atoms with Crippen molar-refractivity contribution in [2.75, 3.05) is 6.54 Å². The first kappa shape index (κ1) is 11.9. The molecule has 3 nitrogen and oxygen atoms in total. The van der Waals surface area contributed by atoms with E-state index in [0.717, 1.165) is 10.9 Å². The Morgan fingerprint density at radius 3 is 2.47 bits per heavy atom. The summed E-state index contributed by atoms with van der Waals surface area (Å²) in [5.74, 6) is -0.0525. The van der Waals surface area contributed by atoms with Gasteiger partial charge in [-0.1, -0.05) is 36.4 Å². The Hall–Kier alpha value is -2.16. The summed E-state index contributed by atoms with van der Waals surface area (Å²) in [6.45, 7) is 2.22. The molecular weight excluding hydrogens is 238 g/mol. The molecule has 3 heteroatoms. The predicted molar refractivity (Wildman–Crippen MR) is 73.7 cm³/mol. The van der Waals surface area contributed by atoms with Crippen LogP contribution in [-0.2, 0) is 9.59 Å². The van der Waals surface area contributed by atoms with E-state index in [9.17, 15) is 9.59 Å². The van der Waals surface area contributed by atoms with Gasteiger partial charge in [0.15, 0.2) is 5.78 Å². The fourth-order valence-electron chi connectivity index (χ4n) is 2.60. The lowest BCUT2D eigenvalue weighted by molar-refractivity contribution is -0.129. The Balaban J connectivity index is 1.95. The second-order valence-electron chi connectivity index (χ2n) is 5.02. The molecule has 3 rings (SSSR count). The van der Waals surface area contributed by atoms with Crippen LogP contribution in [0.2, 0.25) is 0 Å². The summed E-state index contributed by atoms with van der Waals surface area (Å²) < 4.78 is 0. The molecule has 1 atom stereocenters. The summed E-state index contributed by atoms with van der Waals surface area (Å²) in [7, 11) is 0. The van der Waals surface area contributed by atoms with E-state index in [4.69, 9.17) is 0 Å². The SMILES string of the molecule is CC(c1ccc2ccccc2c1)N1CC(=O)CC1=O. The monoisotopic (exact) mass is 253 g/mol. The summed E-state index contributed by atoms with van der Waals surface area (Å²) in [5, 5.41) is 2.34. The Morgan fingerprint density at radius 1 is 1.05 bits per heavy atom. The van der Waals surface area contributed by atoms with Crippen molar-refractivity contribution >= 4 is 22.5 Å². The van der Waals surface area contributed by atoms with Crippen LogP contribution in [0, 0.1) is 0 Å². The molecule has 19 heavy (non-hydrogen) atoms. The molecule has 0 spiro atoms. The molecule has 1 aliphatic rings. The highest BCUT2D eigenvalue weighted by Crippen LogP contribution is 2.27. The predicted octanol–water partition coefficient (Wildman–Crippen LogP) is 2.70. The number of hydrogen-bond donors (Lipinski definition) is 0. The lowest BCUT2D eigenvalue weighted by atomic mass is 10.0. The quantitative estimate of drug-likeness (QED) is 0.772. The van der Waals surface area contributed by atoms with Crippen LogP contribution in [0.4, 0.5) is 0 Å². The van der Waals surface area contributed by atoms with Crippen molar-refractivity contribution in [1.82, 2.24) is 4.90 Å². The van der Waals surface area contributed by atoms with Crippen molar-refractivity contribution in [3.05, 3.63) is 48.0 Å². The number of hydrogen-bond acceptors (Lipinski definition) is 2. The minimum atomic E-state index is -0.0642. The first-order valence-corrected chi connectivity index (χ1v) is 6.45. The molecule has 0 aromatic heterocycles. The van der Waals surface area contributed by atoms with E-state index in [1.54, 1.807) is 4.90 Å². The minimum Gasteiger partial charge on any atom is -0.328 e. The Bertz CT molecular complexity index is 663. The highest BCUT2D eigenvalue weighted by atomic mass is 16.2. The molecular formula is C16H15NO2. The normalized spacial score (nSPS) is 17.2. The molecule has 0 aliphatic carbocycles. The van der Waals surface area contributed by atoms with Crippen LogP contribution in [-0.4, -0.2) is 23.1 Å². The fraction of sp³-hybridized carbons (Fsp3) is 0.250. The van der Waals surface area contributed by atoms with E-state index in [1.807, 2.05) is 25.1 Å². The van der Waals surface area contributed by atoms with Gasteiger partial charge in [0, 0.05) is 0 Å². The van der Waals surface area contributed by atoms with Crippen LogP contribution in [0.15, 0.2) is 42.5 Å². The maximum Gasteiger partial charge on any atom is 0.230 e. The number of Topliss-reactive ketones (excluding diaryl/α,β-unsaturated/α-hetero) is 1. The highest BCUT2D eigenvalue weighted by molar-refractivity contribution is 6.05. The zero-order valence-corrected chi connectivity index (χ0v) is 10.8. The van der Waals surface area contributed by atoms with Crippen molar-refractivity contribution < 1.29 is 9.59 Å². The van der Waals surface area contributed by atoms with Gasteiger partial charge in [-0.25, -0.2) is 0 Å². The van der Waals surface area contributed by atoms with Crippen LogP contribution < -0.4 is 0 Å². The summed E-state index contributed by atoms with van der Waals surface area (Å²) >= 11 is 0. The number of ketones is 1. The number of amides is 1.